The fourth-order valence-corrected chi connectivity index (χ4v) is 2.55. The summed E-state index contributed by atoms with van der Waals surface area (Å²) in [6.45, 7) is 1.85. The molecular weight excluding hydrogens is 347 g/mol. The second-order valence-electron chi connectivity index (χ2n) is 5.46. The molecule has 0 aliphatic rings. The zero-order valence-electron chi connectivity index (χ0n) is 13.2. The summed E-state index contributed by atoms with van der Waals surface area (Å²) in [6.07, 6.45) is 0.315. The Morgan fingerprint density at radius 1 is 1.04 bits per heavy atom. The van der Waals surface area contributed by atoms with E-state index in [9.17, 15) is 9.59 Å². The molecule has 0 spiro atoms. The van der Waals surface area contributed by atoms with E-state index in [4.69, 9.17) is 23.2 Å². The average Bonchev–Trinajstić information content (AvgIpc) is 2.57. The van der Waals surface area contributed by atoms with Crippen molar-refractivity contribution in [1.82, 2.24) is 5.32 Å². The van der Waals surface area contributed by atoms with Crippen LogP contribution in [0.4, 0.5) is 5.69 Å². The zero-order valence-corrected chi connectivity index (χ0v) is 14.7. The lowest BCUT2D eigenvalue weighted by molar-refractivity contribution is -0.124. The minimum absolute atomic E-state index is 0.0802. The van der Waals surface area contributed by atoms with E-state index in [1.54, 1.807) is 18.2 Å². The molecule has 1 unspecified atom stereocenters. The molecular formula is C18H18Cl2N2O2. The first-order valence-electron chi connectivity index (χ1n) is 7.52. The van der Waals surface area contributed by atoms with E-state index in [0.29, 0.717) is 22.2 Å². The van der Waals surface area contributed by atoms with Gasteiger partial charge in [-0.2, -0.15) is 0 Å². The van der Waals surface area contributed by atoms with Crippen molar-refractivity contribution < 1.29 is 9.59 Å². The summed E-state index contributed by atoms with van der Waals surface area (Å²) >= 11 is 11.8. The largest absolute Gasteiger partial charge is 0.347 e. The van der Waals surface area contributed by atoms with Crippen molar-refractivity contribution in [3.8, 4) is 0 Å². The van der Waals surface area contributed by atoms with Crippen LogP contribution in [0.15, 0.2) is 48.5 Å². The summed E-state index contributed by atoms with van der Waals surface area (Å²) < 4.78 is 0. The molecule has 2 aromatic carbocycles. The Kier molecular flexibility index (Phi) is 6.64. The molecule has 2 amide bonds. The Morgan fingerprint density at radius 2 is 1.75 bits per heavy atom. The van der Waals surface area contributed by atoms with Gasteiger partial charge in [0, 0.05) is 11.4 Å². The molecule has 6 heteroatoms. The van der Waals surface area contributed by atoms with E-state index >= 15 is 0 Å². The molecule has 0 aliphatic heterocycles. The van der Waals surface area contributed by atoms with Crippen LogP contribution in [0.2, 0.25) is 10.0 Å². The van der Waals surface area contributed by atoms with Gasteiger partial charge >= 0.3 is 0 Å². The van der Waals surface area contributed by atoms with Crippen LogP contribution in [0.5, 0.6) is 0 Å². The highest BCUT2D eigenvalue weighted by Gasteiger charge is 2.12. The van der Waals surface area contributed by atoms with Gasteiger partial charge in [0.15, 0.2) is 0 Å². The van der Waals surface area contributed by atoms with Crippen molar-refractivity contribution in [2.45, 2.75) is 19.3 Å². The maximum atomic E-state index is 12.0. The smallest absolute Gasteiger partial charge is 0.243 e. The summed E-state index contributed by atoms with van der Waals surface area (Å²) in [6, 6.07) is 14.5. The first-order valence-corrected chi connectivity index (χ1v) is 8.28. The molecule has 0 bridgehead atoms. The van der Waals surface area contributed by atoms with Crippen molar-refractivity contribution in [3.05, 3.63) is 64.1 Å². The van der Waals surface area contributed by atoms with Gasteiger partial charge in [-0.05, 0) is 29.7 Å². The SMILES string of the molecule is CC(CC(=O)NCC(=O)Nc1cc(Cl)ccc1Cl)c1ccccc1. The van der Waals surface area contributed by atoms with Crippen LogP contribution < -0.4 is 10.6 Å². The van der Waals surface area contributed by atoms with Gasteiger partial charge in [0.2, 0.25) is 11.8 Å². The quantitative estimate of drug-likeness (QED) is 0.804. The molecule has 126 valence electrons. The molecule has 4 nitrogen and oxygen atoms in total. The summed E-state index contributed by atoms with van der Waals surface area (Å²) in [7, 11) is 0. The number of halogens is 2. The number of carbonyl (C=O) groups is 2. The molecule has 24 heavy (non-hydrogen) atoms. The van der Waals surface area contributed by atoms with E-state index in [1.807, 2.05) is 37.3 Å². The van der Waals surface area contributed by atoms with Gasteiger partial charge in [-0.3, -0.25) is 9.59 Å². The molecule has 2 N–H and O–H groups in total. The van der Waals surface area contributed by atoms with Crippen LogP contribution in [-0.4, -0.2) is 18.4 Å². The minimum atomic E-state index is -0.361. The number of nitrogens with one attached hydrogen (secondary N) is 2. The van der Waals surface area contributed by atoms with Gasteiger partial charge in [-0.1, -0.05) is 60.5 Å². The van der Waals surface area contributed by atoms with Gasteiger partial charge in [0.1, 0.15) is 0 Å². The summed E-state index contributed by atoms with van der Waals surface area (Å²) in [5.41, 5.74) is 1.50. The first kappa shape index (κ1) is 18.3. The fraction of sp³-hybridized carbons (Fsp3) is 0.222. The zero-order chi connectivity index (χ0) is 17.5. The van der Waals surface area contributed by atoms with Crippen molar-refractivity contribution in [1.29, 1.82) is 0 Å². The Bertz CT molecular complexity index is 720. The van der Waals surface area contributed by atoms with Gasteiger partial charge in [0.05, 0.1) is 17.3 Å². The van der Waals surface area contributed by atoms with E-state index in [1.165, 1.54) is 0 Å². The number of carbonyl (C=O) groups excluding carboxylic acids is 2. The standard InChI is InChI=1S/C18H18Cl2N2O2/c1-12(13-5-3-2-4-6-13)9-17(23)21-11-18(24)22-16-10-14(19)7-8-15(16)20/h2-8,10,12H,9,11H2,1H3,(H,21,23)(H,22,24). The van der Waals surface area contributed by atoms with Crippen LogP contribution in [0.1, 0.15) is 24.8 Å². The molecule has 0 aliphatic carbocycles. The Morgan fingerprint density at radius 3 is 2.46 bits per heavy atom. The van der Waals surface area contributed by atoms with Gasteiger partial charge in [-0.15, -0.1) is 0 Å². The second-order valence-corrected chi connectivity index (χ2v) is 6.31. The van der Waals surface area contributed by atoms with E-state index in [2.05, 4.69) is 10.6 Å². The Labute approximate surface area is 151 Å². The topological polar surface area (TPSA) is 58.2 Å². The number of hydrogen-bond acceptors (Lipinski definition) is 2. The second kappa shape index (κ2) is 8.71. The minimum Gasteiger partial charge on any atom is -0.347 e. The van der Waals surface area contributed by atoms with E-state index in [0.717, 1.165) is 5.56 Å². The average molecular weight is 365 g/mol. The van der Waals surface area contributed by atoms with Gasteiger partial charge in [-0.25, -0.2) is 0 Å². The fourth-order valence-electron chi connectivity index (χ4n) is 2.22. The van der Waals surface area contributed by atoms with Crippen molar-refractivity contribution in [2.75, 3.05) is 11.9 Å². The molecule has 1 atom stereocenters. The molecule has 0 fully saturated rings. The van der Waals surface area contributed by atoms with E-state index in [-0.39, 0.29) is 24.3 Å². The lowest BCUT2D eigenvalue weighted by Crippen LogP contribution is -2.33. The summed E-state index contributed by atoms with van der Waals surface area (Å²) in [5.74, 6) is -0.463. The van der Waals surface area contributed by atoms with Crippen LogP contribution in [0.3, 0.4) is 0 Å². The number of amides is 2. The molecule has 0 radical (unpaired) electrons. The molecule has 0 saturated heterocycles. The maximum Gasteiger partial charge on any atom is 0.243 e. The highest BCUT2D eigenvalue weighted by atomic mass is 35.5. The molecule has 0 saturated carbocycles. The van der Waals surface area contributed by atoms with Crippen molar-refractivity contribution >= 4 is 40.7 Å². The number of anilines is 1. The summed E-state index contributed by atoms with van der Waals surface area (Å²) in [4.78, 5) is 23.9. The van der Waals surface area contributed by atoms with Crippen LogP contribution >= 0.6 is 23.2 Å². The van der Waals surface area contributed by atoms with Gasteiger partial charge < -0.3 is 10.6 Å². The summed E-state index contributed by atoms with van der Waals surface area (Å²) in [5, 5.41) is 6.09. The Balaban J connectivity index is 1.81. The lowest BCUT2D eigenvalue weighted by atomic mass is 9.98. The van der Waals surface area contributed by atoms with E-state index < -0.39 is 0 Å². The van der Waals surface area contributed by atoms with Crippen LogP contribution in [-0.2, 0) is 9.59 Å². The molecule has 2 rings (SSSR count). The molecule has 0 aromatic heterocycles. The van der Waals surface area contributed by atoms with Crippen LogP contribution in [0, 0.1) is 0 Å². The van der Waals surface area contributed by atoms with Crippen molar-refractivity contribution in [2.24, 2.45) is 0 Å². The lowest BCUT2D eigenvalue weighted by Gasteiger charge is -2.12. The number of hydrogen-bond donors (Lipinski definition) is 2. The number of rotatable bonds is 6. The highest BCUT2D eigenvalue weighted by Crippen LogP contribution is 2.25. The third kappa shape index (κ3) is 5.55. The molecule has 2 aromatic rings. The maximum absolute atomic E-state index is 12.0. The normalized spacial score (nSPS) is 11.6. The van der Waals surface area contributed by atoms with Crippen LogP contribution in [0.25, 0.3) is 0 Å². The van der Waals surface area contributed by atoms with Crippen molar-refractivity contribution in [3.63, 3.8) is 0 Å². The highest BCUT2D eigenvalue weighted by molar-refractivity contribution is 6.35. The van der Waals surface area contributed by atoms with Gasteiger partial charge in [0.25, 0.3) is 0 Å². The predicted octanol–water partition coefficient (Wildman–Crippen LogP) is 4.24. The monoisotopic (exact) mass is 364 g/mol. The molecule has 0 heterocycles. The number of benzene rings is 2. The predicted molar refractivity (Wildman–Crippen MR) is 97.6 cm³/mol. The third-order valence-corrected chi connectivity index (χ3v) is 4.07. The Hall–Kier alpha value is -2.04. The first-order chi connectivity index (χ1) is 11.5. The third-order valence-electron chi connectivity index (χ3n) is 3.51.